The molecule has 0 radical (unpaired) electrons. The minimum Gasteiger partial charge on any atom is -0.339 e. The fraction of sp³-hybridized carbons (Fsp3) is 0.500. The molecule has 0 bridgehead atoms. The van der Waals surface area contributed by atoms with E-state index in [0.29, 0.717) is 0 Å². The number of pyridine rings is 1. The Labute approximate surface area is 107 Å². The average molecular weight is 246 g/mol. The van der Waals surface area contributed by atoms with Crippen molar-refractivity contribution in [3.63, 3.8) is 0 Å². The maximum Gasteiger partial charge on any atom is 0.188 e. The highest BCUT2D eigenvalue weighted by Crippen LogP contribution is 2.45. The second-order valence-electron chi connectivity index (χ2n) is 5.72. The molecule has 18 heavy (non-hydrogen) atoms. The zero-order valence-electron chi connectivity index (χ0n) is 11.2. The Bertz CT molecular complexity index is 570. The van der Waals surface area contributed by atoms with Gasteiger partial charge in [-0.25, -0.2) is 4.52 Å². The molecule has 0 saturated carbocycles. The number of nitrogens with zero attached hydrogens (tertiary/aromatic N) is 2. The SMILES string of the molecule is CC1(C)OC(c2cnn3ccccc23)OC1(C)C. The summed E-state index contributed by atoms with van der Waals surface area (Å²) in [5.41, 5.74) is 1.37. The van der Waals surface area contributed by atoms with Gasteiger partial charge in [-0.05, 0) is 39.8 Å². The Kier molecular flexibility index (Phi) is 2.31. The van der Waals surface area contributed by atoms with Crippen LogP contribution in [0.5, 0.6) is 0 Å². The Morgan fingerprint density at radius 2 is 1.78 bits per heavy atom. The third-order valence-corrected chi connectivity index (χ3v) is 3.96. The Morgan fingerprint density at radius 3 is 2.44 bits per heavy atom. The van der Waals surface area contributed by atoms with E-state index in [0.717, 1.165) is 11.1 Å². The lowest BCUT2D eigenvalue weighted by Crippen LogP contribution is -2.41. The highest BCUT2D eigenvalue weighted by molar-refractivity contribution is 5.54. The van der Waals surface area contributed by atoms with Crippen LogP contribution in [-0.4, -0.2) is 20.8 Å². The van der Waals surface area contributed by atoms with E-state index in [4.69, 9.17) is 9.47 Å². The van der Waals surface area contributed by atoms with Crippen molar-refractivity contribution >= 4 is 5.52 Å². The molecule has 1 aliphatic heterocycles. The summed E-state index contributed by atoms with van der Waals surface area (Å²) >= 11 is 0. The molecule has 0 aromatic carbocycles. The molecular formula is C14H18N2O2. The minimum atomic E-state index is -0.352. The Morgan fingerprint density at radius 1 is 1.11 bits per heavy atom. The van der Waals surface area contributed by atoms with Gasteiger partial charge in [-0.15, -0.1) is 0 Å². The lowest BCUT2D eigenvalue weighted by molar-refractivity contribution is -0.0886. The van der Waals surface area contributed by atoms with Gasteiger partial charge < -0.3 is 9.47 Å². The number of fused-ring (bicyclic) bond motifs is 1. The summed E-state index contributed by atoms with van der Waals surface area (Å²) in [7, 11) is 0. The third kappa shape index (κ3) is 1.56. The van der Waals surface area contributed by atoms with Crippen molar-refractivity contribution in [1.29, 1.82) is 0 Å². The predicted octanol–water partition coefficient (Wildman–Crippen LogP) is 2.94. The van der Waals surface area contributed by atoms with Crippen molar-refractivity contribution in [2.24, 2.45) is 0 Å². The topological polar surface area (TPSA) is 35.8 Å². The molecule has 0 amide bonds. The van der Waals surface area contributed by atoms with Gasteiger partial charge in [-0.3, -0.25) is 0 Å². The van der Waals surface area contributed by atoms with E-state index in [1.54, 1.807) is 0 Å². The lowest BCUT2D eigenvalue weighted by atomic mass is 9.90. The normalized spacial score (nSPS) is 22.7. The highest BCUT2D eigenvalue weighted by atomic mass is 16.7. The zero-order valence-corrected chi connectivity index (χ0v) is 11.2. The minimum absolute atomic E-state index is 0.319. The van der Waals surface area contributed by atoms with E-state index in [1.165, 1.54) is 0 Å². The van der Waals surface area contributed by atoms with E-state index in [1.807, 2.05) is 35.1 Å². The molecule has 4 nitrogen and oxygen atoms in total. The second kappa shape index (κ2) is 3.56. The van der Waals surface area contributed by atoms with Gasteiger partial charge in [0.25, 0.3) is 0 Å². The molecule has 0 unspecified atom stereocenters. The summed E-state index contributed by atoms with van der Waals surface area (Å²) in [4.78, 5) is 0. The van der Waals surface area contributed by atoms with Crippen LogP contribution in [0.1, 0.15) is 39.5 Å². The highest BCUT2D eigenvalue weighted by Gasteiger charge is 2.50. The molecule has 3 heterocycles. The molecule has 0 atom stereocenters. The van der Waals surface area contributed by atoms with Crippen LogP contribution in [0.4, 0.5) is 0 Å². The van der Waals surface area contributed by atoms with Gasteiger partial charge in [0.2, 0.25) is 0 Å². The monoisotopic (exact) mass is 246 g/mol. The fourth-order valence-electron chi connectivity index (χ4n) is 2.11. The summed E-state index contributed by atoms with van der Waals surface area (Å²) < 4.78 is 13.9. The molecule has 2 aromatic rings. The van der Waals surface area contributed by atoms with Crippen molar-refractivity contribution in [2.75, 3.05) is 0 Å². The number of aromatic nitrogens is 2. The summed E-state index contributed by atoms with van der Waals surface area (Å²) in [6.45, 7) is 8.22. The first-order chi connectivity index (χ1) is 8.41. The Hall–Kier alpha value is -1.39. The van der Waals surface area contributed by atoms with Gasteiger partial charge in [0.05, 0.1) is 28.5 Å². The van der Waals surface area contributed by atoms with Crippen LogP contribution in [0.15, 0.2) is 30.6 Å². The summed E-state index contributed by atoms with van der Waals surface area (Å²) in [5.74, 6) is 0. The van der Waals surface area contributed by atoms with Crippen molar-refractivity contribution in [3.05, 3.63) is 36.2 Å². The van der Waals surface area contributed by atoms with E-state index >= 15 is 0 Å². The average Bonchev–Trinajstić information content (AvgIpc) is 2.78. The maximum absolute atomic E-state index is 6.04. The van der Waals surface area contributed by atoms with Crippen molar-refractivity contribution < 1.29 is 9.47 Å². The predicted molar refractivity (Wildman–Crippen MR) is 68.3 cm³/mol. The smallest absolute Gasteiger partial charge is 0.188 e. The Balaban J connectivity index is 2.03. The van der Waals surface area contributed by atoms with E-state index < -0.39 is 0 Å². The molecule has 1 fully saturated rings. The fourth-order valence-corrected chi connectivity index (χ4v) is 2.11. The number of ether oxygens (including phenoxy) is 2. The van der Waals surface area contributed by atoms with Gasteiger partial charge in [-0.2, -0.15) is 5.10 Å². The molecule has 96 valence electrons. The van der Waals surface area contributed by atoms with Crippen LogP contribution in [-0.2, 0) is 9.47 Å². The van der Waals surface area contributed by atoms with Crippen LogP contribution < -0.4 is 0 Å². The lowest BCUT2D eigenvalue weighted by Gasteiger charge is -2.30. The van der Waals surface area contributed by atoms with E-state index in [2.05, 4.69) is 32.8 Å². The molecule has 1 aliphatic rings. The van der Waals surface area contributed by atoms with Crippen LogP contribution >= 0.6 is 0 Å². The molecule has 1 saturated heterocycles. The van der Waals surface area contributed by atoms with Gasteiger partial charge >= 0.3 is 0 Å². The molecule has 0 aliphatic carbocycles. The quantitative estimate of drug-likeness (QED) is 0.776. The summed E-state index contributed by atoms with van der Waals surface area (Å²) in [6, 6.07) is 5.97. The largest absolute Gasteiger partial charge is 0.339 e. The van der Waals surface area contributed by atoms with Gasteiger partial charge in [-0.1, -0.05) is 6.07 Å². The molecule has 0 spiro atoms. The van der Waals surface area contributed by atoms with Crippen molar-refractivity contribution in [1.82, 2.24) is 9.61 Å². The maximum atomic E-state index is 6.04. The molecule has 2 aromatic heterocycles. The molecular weight excluding hydrogens is 228 g/mol. The second-order valence-corrected chi connectivity index (χ2v) is 5.72. The summed E-state index contributed by atoms with van der Waals surface area (Å²) in [6.07, 6.45) is 3.39. The van der Waals surface area contributed by atoms with Crippen molar-refractivity contribution in [3.8, 4) is 0 Å². The first-order valence-electron chi connectivity index (χ1n) is 6.19. The van der Waals surface area contributed by atoms with Crippen LogP contribution in [0.2, 0.25) is 0 Å². The molecule has 4 heteroatoms. The number of hydrogen-bond acceptors (Lipinski definition) is 3. The zero-order chi connectivity index (χ0) is 13.0. The third-order valence-electron chi connectivity index (χ3n) is 3.96. The van der Waals surface area contributed by atoms with Crippen LogP contribution in [0.25, 0.3) is 5.52 Å². The molecule has 0 N–H and O–H groups in total. The van der Waals surface area contributed by atoms with E-state index in [-0.39, 0.29) is 17.5 Å². The first kappa shape index (κ1) is 11.7. The first-order valence-corrected chi connectivity index (χ1v) is 6.19. The van der Waals surface area contributed by atoms with Gasteiger partial charge in [0.1, 0.15) is 0 Å². The van der Waals surface area contributed by atoms with Gasteiger partial charge in [0.15, 0.2) is 6.29 Å². The number of rotatable bonds is 1. The standard InChI is InChI=1S/C14H18N2O2/c1-13(2)14(3,4)18-12(17-13)10-9-15-16-8-6-5-7-11(10)16/h5-9,12H,1-4H3. The van der Waals surface area contributed by atoms with E-state index in [9.17, 15) is 0 Å². The summed E-state index contributed by atoms with van der Waals surface area (Å²) in [5, 5.41) is 4.32. The van der Waals surface area contributed by atoms with Gasteiger partial charge in [0, 0.05) is 6.20 Å². The molecule has 3 rings (SSSR count). The van der Waals surface area contributed by atoms with Crippen LogP contribution in [0, 0.1) is 0 Å². The van der Waals surface area contributed by atoms with Crippen molar-refractivity contribution in [2.45, 2.75) is 45.2 Å². The van der Waals surface area contributed by atoms with Crippen LogP contribution in [0.3, 0.4) is 0 Å². The number of hydrogen-bond donors (Lipinski definition) is 0.